The fraction of sp³-hybridized carbons (Fsp3) is 0.600. The molecule has 19 heavy (non-hydrogen) atoms. The van der Waals surface area contributed by atoms with Gasteiger partial charge in [0.1, 0.15) is 0 Å². The first-order chi connectivity index (χ1) is 9.42. The summed E-state index contributed by atoms with van der Waals surface area (Å²) in [5, 5.41) is 6.76. The molecule has 2 saturated heterocycles. The molecule has 0 spiro atoms. The van der Waals surface area contributed by atoms with Gasteiger partial charge in [0, 0.05) is 45.8 Å². The third-order valence-corrected chi connectivity index (χ3v) is 3.89. The highest BCUT2D eigenvalue weighted by atomic mass is 16.5. The van der Waals surface area contributed by atoms with Gasteiger partial charge in [-0.1, -0.05) is 24.3 Å². The summed E-state index contributed by atoms with van der Waals surface area (Å²) in [5.74, 6) is 0. The van der Waals surface area contributed by atoms with Gasteiger partial charge >= 0.3 is 0 Å². The number of hydrogen-bond donors (Lipinski definition) is 2. The molecule has 1 atom stereocenters. The molecule has 1 unspecified atom stereocenters. The van der Waals surface area contributed by atoms with E-state index in [9.17, 15) is 0 Å². The van der Waals surface area contributed by atoms with Gasteiger partial charge in [-0.25, -0.2) is 0 Å². The molecular weight excluding hydrogens is 238 g/mol. The van der Waals surface area contributed by atoms with E-state index in [2.05, 4.69) is 39.8 Å². The van der Waals surface area contributed by atoms with Crippen molar-refractivity contribution in [1.82, 2.24) is 15.5 Å². The first-order valence-electron chi connectivity index (χ1n) is 7.26. The largest absolute Gasteiger partial charge is 0.371 e. The van der Waals surface area contributed by atoms with Crippen LogP contribution < -0.4 is 10.6 Å². The smallest absolute Gasteiger partial charge is 0.0949 e. The molecule has 0 amide bonds. The van der Waals surface area contributed by atoms with E-state index < -0.39 is 0 Å². The molecular formula is C15H23N3O. The lowest BCUT2D eigenvalue weighted by Crippen LogP contribution is -2.42. The summed E-state index contributed by atoms with van der Waals surface area (Å²) in [6.07, 6.45) is 0.224. The summed E-state index contributed by atoms with van der Waals surface area (Å²) in [5.41, 5.74) is 2.69. The van der Waals surface area contributed by atoms with Gasteiger partial charge in [-0.3, -0.25) is 4.90 Å². The fourth-order valence-electron chi connectivity index (χ4n) is 2.74. The Labute approximate surface area is 115 Å². The van der Waals surface area contributed by atoms with Gasteiger partial charge in [0.15, 0.2) is 0 Å². The zero-order chi connectivity index (χ0) is 12.9. The highest BCUT2D eigenvalue weighted by Crippen LogP contribution is 2.19. The number of benzene rings is 1. The number of piperazine rings is 1. The zero-order valence-corrected chi connectivity index (χ0v) is 11.4. The van der Waals surface area contributed by atoms with Crippen LogP contribution in [-0.4, -0.2) is 50.8 Å². The molecule has 2 aliphatic heterocycles. The Morgan fingerprint density at radius 1 is 1.05 bits per heavy atom. The van der Waals surface area contributed by atoms with Crippen LogP contribution in [0.2, 0.25) is 0 Å². The summed E-state index contributed by atoms with van der Waals surface area (Å²) in [6, 6.07) is 8.93. The number of rotatable bonds is 3. The van der Waals surface area contributed by atoms with E-state index in [1.807, 2.05) is 0 Å². The molecule has 1 aromatic carbocycles. The van der Waals surface area contributed by atoms with E-state index >= 15 is 0 Å². The van der Waals surface area contributed by atoms with Gasteiger partial charge in [0.25, 0.3) is 0 Å². The van der Waals surface area contributed by atoms with Gasteiger partial charge in [0.05, 0.1) is 12.7 Å². The molecule has 104 valence electrons. The van der Waals surface area contributed by atoms with Crippen LogP contribution in [0.3, 0.4) is 0 Å². The second kappa shape index (κ2) is 6.48. The maximum atomic E-state index is 5.77. The lowest BCUT2D eigenvalue weighted by Gasteiger charge is -2.27. The molecule has 2 N–H and O–H groups in total. The van der Waals surface area contributed by atoms with Crippen LogP contribution >= 0.6 is 0 Å². The lowest BCUT2D eigenvalue weighted by atomic mass is 10.1. The minimum atomic E-state index is 0.224. The van der Waals surface area contributed by atoms with Crippen molar-refractivity contribution in [3.63, 3.8) is 0 Å². The average Bonchev–Trinajstić information content (AvgIpc) is 2.50. The summed E-state index contributed by atoms with van der Waals surface area (Å²) >= 11 is 0. The Hall–Kier alpha value is -0.940. The van der Waals surface area contributed by atoms with Crippen molar-refractivity contribution in [3.05, 3.63) is 35.4 Å². The minimum Gasteiger partial charge on any atom is -0.371 e. The van der Waals surface area contributed by atoms with Gasteiger partial charge in [-0.05, 0) is 11.1 Å². The summed E-state index contributed by atoms with van der Waals surface area (Å²) < 4.78 is 5.77. The Bertz CT molecular complexity index is 381. The number of ether oxygens (including phenoxy) is 1. The zero-order valence-electron chi connectivity index (χ0n) is 11.4. The quantitative estimate of drug-likeness (QED) is 0.842. The number of hydrogen-bond acceptors (Lipinski definition) is 4. The van der Waals surface area contributed by atoms with Crippen molar-refractivity contribution in [2.45, 2.75) is 12.6 Å². The maximum Gasteiger partial charge on any atom is 0.0949 e. The van der Waals surface area contributed by atoms with E-state index in [4.69, 9.17) is 4.74 Å². The van der Waals surface area contributed by atoms with E-state index in [0.29, 0.717) is 0 Å². The molecule has 0 radical (unpaired) electrons. The highest BCUT2D eigenvalue weighted by Gasteiger charge is 2.15. The van der Waals surface area contributed by atoms with Crippen LogP contribution in [0, 0.1) is 0 Å². The van der Waals surface area contributed by atoms with Crippen molar-refractivity contribution in [3.8, 4) is 0 Å². The van der Waals surface area contributed by atoms with Crippen LogP contribution in [-0.2, 0) is 11.3 Å². The van der Waals surface area contributed by atoms with Crippen LogP contribution in [0.1, 0.15) is 17.2 Å². The number of nitrogens with zero attached hydrogens (tertiary/aromatic N) is 1. The van der Waals surface area contributed by atoms with Gasteiger partial charge in [0.2, 0.25) is 0 Å². The second-order valence-electron chi connectivity index (χ2n) is 5.33. The molecule has 0 bridgehead atoms. The minimum absolute atomic E-state index is 0.224. The lowest BCUT2D eigenvalue weighted by molar-refractivity contribution is 0.0277. The van der Waals surface area contributed by atoms with E-state index in [0.717, 1.165) is 52.4 Å². The third-order valence-electron chi connectivity index (χ3n) is 3.89. The molecule has 0 saturated carbocycles. The van der Waals surface area contributed by atoms with Gasteiger partial charge in [-0.15, -0.1) is 0 Å². The maximum absolute atomic E-state index is 5.77. The predicted molar refractivity (Wildman–Crippen MR) is 76.2 cm³/mol. The van der Waals surface area contributed by atoms with Crippen LogP contribution in [0.5, 0.6) is 0 Å². The molecule has 2 aliphatic rings. The van der Waals surface area contributed by atoms with Crippen LogP contribution in [0.15, 0.2) is 24.3 Å². The first kappa shape index (κ1) is 13.1. The summed E-state index contributed by atoms with van der Waals surface area (Å²) in [6.45, 7) is 8.29. The Morgan fingerprint density at radius 2 is 1.84 bits per heavy atom. The standard InChI is InChI=1S/C15H23N3O/c1-3-14(15-11-17-7-10-19-15)4-2-13(1)12-18-8-5-16-6-9-18/h1-4,15-17H,5-12H2. The molecule has 1 aromatic rings. The molecule has 2 heterocycles. The third kappa shape index (κ3) is 3.54. The van der Waals surface area contributed by atoms with Crippen LogP contribution in [0.4, 0.5) is 0 Å². The molecule has 2 fully saturated rings. The van der Waals surface area contributed by atoms with Crippen molar-refractivity contribution in [2.75, 3.05) is 45.9 Å². The summed E-state index contributed by atoms with van der Waals surface area (Å²) in [4.78, 5) is 2.50. The van der Waals surface area contributed by atoms with E-state index in [-0.39, 0.29) is 6.10 Å². The first-order valence-corrected chi connectivity index (χ1v) is 7.26. The van der Waals surface area contributed by atoms with E-state index in [1.165, 1.54) is 11.1 Å². The van der Waals surface area contributed by atoms with Crippen molar-refractivity contribution < 1.29 is 4.74 Å². The Kier molecular flexibility index (Phi) is 4.45. The molecule has 4 nitrogen and oxygen atoms in total. The average molecular weight is 261 g/mol. The van der Waals surface area contributed by atoms with Crippen molar-refractivity contribution >= 4 is 0 Å². The van der Waals surface area contributed by atoms with Crippen molar-refractivity contribution in [2.24, 2.45) is 0 Å². The highest BCUT2D eigenvalue weighted by molar-refractivity contribution is 5.24. The normalized spacial score (nSPS) is 25.4. The Balaban J connectivity index is 1.58. The van der Waals surface area contributed by atoms with Crippen molar-refractivity contribution in [1.29, 1.82) is 0 Å². The van der Waals surface area contributed by atoms with Crippen LogP contribution in [0.25, 0.3) is 0 Å². The molecule has 0 aliphatic carbocycles. The monoisotopic (exact) mass is 261 g/mol. The SMILES string of the molecule is c1cc(C2CNCCO2)ccc1CN1CCNCC1. The Morgan fingerprint density at radius 3 is 2.53 bits per heavy atom. The number of nitrogens with one attached hydrogen (secondary N) is 2. The van der Waals surface area contributed by atoms with Gasteiger partial charge < -0.3 is 15.4 Å². The predicted octanol–water partition coefficient (Wildman–Crippen LogP) is 0.753. The summed E-state index contributed by atoms with van der Waals surface area (Å²) in [7, 11) is 0. The topological polar surface area (TPSA) is 36.5 Å². The molecule has 0 aromatic heterocycles. The van der Waals surface area contributed by atoms with E-state index in [1.54, 1.807) is 0 Å². The molecule has 3 rings (SSSR count). The van der Waals surface area contributed by atoms with Gasteiger partial charge in [-0.2, -0.15) is 0 Å². The second-order valence-corrected chi connectivity index (χ2v) is 5.33. The number of morpholine rings is 1. The molecule has 4 heteroatoms. The fourth-order valence-corrected chi connectivity index (χ4v) is 2.74.